The second-order valence-electron chi connectivity index (χ2n) is 5.81. The van der Waals surface area contributed by atoms with Crippen LogP contribution in [0.2, 0.25) is 0 Å². The zero-order valence-corrected chi connectivity index (χ0v) is 12.4. The summed E-state index contributed by atoms with van der Waals surface area (Å²) in [4.78, 5) is 2.22. The van der Waals surface area contributed by atoms with Gasteiger partial charge in [0.2, 0.25) is 5.89 Å². The highest BCUT2D eigenvalue weighted by molar-refractivity contribution is 5.25. The Morgan fingerprint density at radius 2 is 2.00 bits per heavy atom. The minimum atomic E-state index is 0.488. The van der Waals surface area contributed by atoms with Gasteiger partial charge in [-0.15, -0.1) is 5.10 Å². The van der Waals surface area contributed by atoms with Crippen LogP contribution >= 0.6 is 0 Å². The predicted molar refractivity (Wildman–Crippen MR) is 76.1 cm³/mol. The zero-order chi connectivity index (χ0) is 13.7. The second-order valence-corrected chi connectivity index (χ2v) is 5.81. The molecular weight excluding hydrogens is 240 g/mol. The van der Waals surface area contributed by atoms with Crippen LogP contribution in [-0.2, 0) is 6.54 Å². The molecule has 0 amide bonds. The van der Waals surface area contributed by atoms with Crippen LogP contribution in [0.5, 0.6) is 0 Å². The van der Waals surface area contributed by atoms with Crippen molar-refractivity contribution in [1.82, 2.24) is 15.5 Å². The van der Waals surface area contributed by atoms with E-state index < -0.39 is 0 Å². The molecule has 1 N–H and O–H groups in total. The summed E-state index contributed by atoms with van der Waals surface area (Å²) in [5, 5.41) is 11.5. The van der Waals surface area contributed by atoms with Gasteiger partial charge in [0.05, 0.1) is 6.54 Å². The zero-order valence-electron chi connectivity index (χ0n) is 12.4. The Morgan fingerprint density at radius 3 is 2.63 bits per heavy atom. The van der Waals surface area contributed by atoms with Gasteiger partial charge in [-0.1, -0.05) is 32.3 Å². The van der Waals surface area contributed by atoms with E-state index in [0.717, 1.165) is 26.1 Å². The van der Waals surface area contributed by atoms with E-state index in [0.29, 0.717) is 23.9 Å². The first-order chi connectivity index (χ1) is 9.17. The summed E-state index contributed by atoms with van der Waals surface area (Å²) >= 11 is 0. The van der Waals surface area contributed by atoms with Gasteiger partial charge in [0.1, 0.15) is 0 Å². The summed E-state index contributed by atoms with van der Waals surface area (Å²) in [7, 11) is 0. The summed E-state index contributed by atoms with van der Waals surface area (Å²) in [6.07, 6.45) is 4.77. The Hall–Kier alpha value is -1.10. The third-order valence-corrected chi connectivity index (χ3v) is 4.25. The van der Waals surface area contributed by atoms with Gasteiger partial charge in [-0.2, -0.15) is 0 Å². The lowest BCUT2D eigenvalue weighted by atomic mass is 9.78. The fraction of sp³-hybridized carbons (Fsp3) is 0.857. The van der Waals surface area contributed by atoms with Crippen molar-refractivity contribution < 1.29 is 4.42 Å². The van der Waals surface area contributed by atoms with Crippen molar-refractivity contribution in [3.8, 4) is 0 Å². The third kappa shape index (κ3) is 3.69. The predicted octanol–water partition coefficient (Wildman–Crippen LogP) is 2.59. The minimum absolute atomic E-state index is 0.488. The number of rotatable bonds is 6. The maximum absolute atomic E-state index is 5.71. The van der Waals surface area contributed by atoms with Crippen LogP contribution in [-0.4, -0.2) is 29.8 Å². The van der Waals surface area contributed by atoms with Crippen LogP contribution in [0.4, 0.5) is 6.01 Å². The molecule has 0 bridgehead atoms. The van der Waals surface area contributed by atoms with Gasteiger partial charge < -0.3 is 14.6 Å². The molecule has 19 heavy (non-hydrogen) atoms. The lowest BCUT2D eigenvalue weighted by Gasteiger charge is -2.37. The molecule has 5 heteroatoms. The van der Waals surface area contributed by atoms with Crippen LogP contribution in [0.15, 0.2) is 4.42 Å². The number of nitrogens with zero attached hydrogens (tertiary/aromatic N) is 3. The number of hydrogen-bond donors (Lipinski definition) is 1. The van der Waals surface area contributed by atoms with Gasteiger partial charge >= 0.3 is 6.01 Å². The molecular formula is C14H26N4O. The molecule has 1 saturated heterocycles. The fourth-order valence-electron chi connectivity index (χ4n) is 2.41. The molecule has 0 unspecified atom stereocenters. The summed E-state index contributed by atoms with van der Waals surface area (Å²) in [5.41, 5.74) is 0.488. The largest absolute Gasteiger partial charge is 0.407 e. The van der Waals surface area contributed by atoms with Gasteiger partial charge in [0.25, 0.3) is 0 Å². The molecule has 1 aromatic rings. The molecule has 1 aromatic heterocycles. The molecule has 0 atom stereocenters. The number of aromatic nitrogens is 2. The van der Waals surface area contributed by atoms with E-state index in [1.807, 2.05) is 0 Å². The smallest absolute Gasteiger partial charge is 0.318 e. The SMILES string of the molecule is CCCNCc1nnc(N2CCC(C)(CC)CC2)o1. The first kappa shape index (κ1) is 14.3. The van der Waals surface area contributed by atoms with Crippen molar-refractivity contribution in [1.29, 1.82) is 0 Å². The van der Waals surface area contributed by atoms with E-state index in [-0.39, 0.29) is 0 Å². The van der Waals surface area contributed by atoms with Gasteiger partial charge in [0, 0.05) is 13.1 Å². The Bertz CT molecular complexity index is 383. The van der Waals surface area contributed by atoms with Crippen molar-refractivity contribution in [2.75, 3.05) is 24.5 Å². The standard InChI is InChI=1S/C14H26N4O/c1-4-8-15-11-12-16-17-13(19-12)18-9-6-14(3,5-2)7-10-18/h15H,4-11H2,1-3H3. The first-order valence-electron chi connectivity index (χ1n) is 7.45. The van der Waals surface area contributed by atoms with Gasteiger partial charge in [-0.3, -0.25) is 0 Å². The van der Waals surface area contributed by atoms with E-state index in [9.17, 15) is 0 Å². The molecule has 0 aromatic carbocycles. The lowest BCUT2D eigenvalue weighted by Crippen LogP contribution is -2.38. The molecule has 1 fully saturated rings. The highest BCUT2D eigenvalue weighted by Gasteiger charge is 2.30. The van der Waals surface area contributed by atoms with Crippen LogP contribution in [0.3, 0.4) is 0 Å². The van der Waals surface area contributed by atoms with Crippen molar-refractivity contribution in [3.63, 3.8) is 0 Å². The summed E-state index contributed by atoms with van der Waals surface area (Å²) in [5.74, 6) is 0.687. The topological polar surface area (TPSA) is 54.2 Å². The molecule has 5 nitrogen and oxygen atoms in total. The summed E-state index contributed by atoms with van der Waals surface area (Å²) in [6, 6.07) is 0.687. The van der Waals surface area contributed by atoms with Crippen LogP contribution in [0, 0.1) is 5.41 Å². The minimum Gasteiger partial charge on any atom is -0.407 e. The molecule has 2 heterocycles. The molecule has 1 aliphatic heterocycles. The molecule has 2 rings (SSSR count). The Balaban J connectivity index is 1.86. The van der Waals surface area contributed by atoms with E-state index in [1.165, 1.54) is 19.3 Å². The summed E-state index contributed by atoms with van der Waals surface area (Å²) in [6.45, 7) is 10.5. The van der Waals surface area contributed by atoms with E-state index in [1.54, 1.807) is 0 Å². The van der Waals surface area contributed by atoms with Crippen LogP contribution < -0.4 is 10.2 Å². The highest BCUT2D eigenvalue weighted by Crippen LogP contribution is 2.35. The fourth-order valence-corrected chi connectivity index (χ4v) is 2.41. The van der Waals surface area contributed by atoms with Crippen molar-refractivity contribution in [3.05, 3.63) is 5.89 Å². The Labute approximate surface area is 115 Å². The average molecular weight is 266 g/mol. The Morgan fingerprint density at radius 1 is 1.26 bits per heavy atom. The lowest BCUT2D eigenvalue weighted by molar-refractivity contribution is 0.233. The molecule has 0 aliphatic carbocycles. The molecule has 0 radical (unpaired) electrons. The number of hydrogen-bond acceptors (Lipinski definition) is 5. The van der Waals surface area contributed by atoms with E-state index in [4.69, 9.17) is 4.42 Å². The first-order valence-corrected chi connectivity index (χ1v) is 7.45. The van der Waals surface area contributed by atoms with Crippen LogP contribution in [0.25, 0.3) is 0 Å². The monoisotopic (exact) mass is 266 g/mol. The average Bonchev–Trinajstić information content (AvgIpc) is 2.89. The van der Waals surface area contributed by atoms with Gasteiger partial charge in [-0.25, -0.2) is 0 Å². The Kier molecular flexibility index (Phi) is 4.80. The van der Waals surface area contributed by atoms with Crippen molar-refractivity contribution in [2.24, 2.45) is 5.41 Å². The molecule has 1 aliphatic rings. The van der Waals surface area contributed by atoms with Crippen LogP contribution in [0.1, 0.15) is 52.3 Å². The van der Waals surface area contributed by atoms with Crippen molar-refractivity contribution >= 4 is 6.01 Å². The van der Waals surface area contributed by atoms with Crippen molar-refractivity contribution in [2.45, 2.75) is 53.0 Å². The third-order valence-electron chi connectivity index (χ3n) is 4.25. The van der Waals surface area contributed by atoms with Gasteiger partial charge in [-0.05, 0) is 31.2 Å². The molecule has 108 valence electrons. The number of nitrogens with one attached hydrogen (secondary N) is 1. The maximum Gasteiger partial charge on any atom is 0.318 e. The quantitative estimate of drug-likeness (QED) is 0.802. The van der Waals surface area contributed by atoms with E-state index in [2.05, 4.69) is 41.2 Å². The number of piperidine rings is 1. The molecule has 0 spiro atoms. The van der Waals surface area contributed by atoms with Gasteiger partial charge in [0.15, 0.2) is 0 Å². The normalized spacial score (nSPS) is 18.8. The summed E-state index contributed by atoms with van der Waals surface area (Å²) < 4.78 is 5.71. The number of anilines is 1. The highest BCUT2D eigenvalue weighted by atomic mass is 16.4. The maximum atomic E-state index is 5.71. The second kappa shape index (κ2) is 6.37. The molecule has 0 saturated carbocycles. The van der Waals surface area contributed by atoms with E-state index >= 15 is 0 Å².